The largest absolute Gasteiger partial charge is 0.399 e. The van der Waals surface area contributed by atoms with E-state index in [1.807, 2.05) is 55.5 Å². The van der Waals surface area contributed by atoms with E-state index in [1.165, 1.54) is 0 Å². The molecule has 1 unspecified atom stereocenters. The third-order valence-corrected chi connectivity index (χ3v) is 6.17. The molecule has 8 heteroatoms. The standard InChI is InChI=1S/C27H29N5O3/c1-3-21(14-18-6-11-23(12-7-18)32(34)35)29-16-19-4-9-22(10-5-19)30-17(2)26-24-15-20(28)8-13-25(24)31-27(26)33/h4-13,15,21,29-30H,3,14,16,28H2,1-2H3,(H,31,33)/b26-17-. The van der Waals surface area contributed by atoms with E-state index in [1.54, 1.807) is 18.2 Å². The maximum atomic E-state index is 12.5. The summed E-state index contributed by atoms with van der Waals surface area (Å²) in [7, 11) is 0. The van der Waals surface area contributed by atoms with Gasteiger partial charge in [-0.2, -0.15) is 0 Å². The van der Waals surface area contributed by atoms with Gasteiger partial charge in [0.2, 0.25) is 0 Å². The summed E-state index contributed by atoms with van der Waals surface area (Å²) in [5.41, 5.74) is 12.6. The third-order valence-electron chi connectivity index (χ3n) is 6.17. The highest BCUT2D eigenvalue weighted by molar-refractivity contribution is 6.32. The van der Waals surface area contributed by atoms with E-state index in [9.17, 15) is 14.9 Å². The predicted octanol–water partition coefficient (Wildman–Crippen LogP) is 5.08. The molecule has 5 N–H and O–H groups in total. The minimum absolute atomic E-state index is 0.108. The van der Waals surface area contributed by atoms with Crippen molar-refractivity contribution in [3.8, 4) is 0 Å². The summed E-state index contributed by atoms with van der Waals surface area (Å²) in [5, 5.41) is 20.6. The van der Waals surface area contributed by atoms with Gasteiger partial charge in [0, 0.05) is 53.0 Å². The van der Waals surface area contributed by atoms with E-state index in [4.69, 9.17) is 5.73 Å². The van der Waals surface area contributed by atoms with Crippen LogP contribution in [0.5, 0.6) is 0 Å². The number of fused-ring (bicyclic) bond motifs is 1. The zero-order valence-electron chi connectivity index (χ0n) is 19.8. The van der Waals surface area contributed by atoms with Crippen LogP contribution in [0.15, 0.2) is 72.4 Å². The lowest BCUT2D eigenvalue weighted by molar-refractivity contribution is -0.384. The number of nitrogens with two attached hydrogens (primary N) is 1. The van der Waals surface area contributed by atoms with Crippen LogP contribution in [0.2, 0.25) is 0 Å². The van der Waals surface area contributed by atoms with Crippen LogP contribution in [0.1, 0.15) is 37.0 Å². The predicted molar refractivity (Wildman–Crippen MR) is 140 cm³/mol. The van der Waals surface area contributed by atoms with Gasteiger partial charge >= 0.3 is 0 Å². The zero-order valence-corrected chi connectivity index (χ0v) is 19.8. The number of benzene rings is 3. The van der Waals surface area contributed by atoms with Crippen molar-refractivity contribution in [2.24, 2.45) is 0 Å². The molecule has 1 amide bonds. The molecule has 0 saturated carbocycles. The number of carbonyl (C=O) groups is 1. The number of amides is 1. The molecule has 1 aliphatic heterocycles. The van der Waals surface area contributed by atoms with Gasteiger partial charge in [0.15, 0.2) is 0 Å². The summed E-state index contributed by atoms with van der Waals surface area (Å²) in [4.78, 5) is 23.0. The fourth-order valence-corrected chi connectivity index (χ4v) is 4.20. The second kappa shape index (κ2) is 10.4. The highest BCUT2D eigenvalue weighted by Crippen LogP contribution is 2.35. The number of allylic oxidation sites excluding steroid dienone is 1. The molecule has 0 aromatic heterocycles. The van der Waals surface area contributed by atoms with Gasteiger partial charge in [0.05, 0.1) is 10.5 Å². The van der Waals surface area contributed by atoms with Gasteiger partial charge in [-0.3, -0.25) is 14.9 Å². The van der Waals surface area contributed by atoms with Crippen LogP contribution in [0.25, 0.3) is 5.57 Å². The van der Waals surface area contributed by atoms with Crippen molar-refractivity contribution in [3.63, 3.8) is 0 Å². The van der Waals surface area contributed by atoms with Gasteiger partial charge in [0.1, 0.15) is 0 Å². The van der Waals surface area contributed by atoms with Crippen molar-refractivity contribution in [3.05, 3.63) is 99.2 Å². The Morgan fingerprint density at radius 2 is 1.74 bits per heavy atom. The number of anilines is 3. The molecule has 8 nitrogen and oxygen atoms in total. The lowest BCUT2D eigenvalue weighted by Gasteiger charge is -2.17. The Morgan fingerprint density at radius 3 is 2.40 bits per heavy atom. The quantitative estimate of drug-likeness (QED) is 0.149. The fourth-order valence-electron chi connectivity index (χ4n) is 4.20. The Bertz CT molecular complexity index is 1270. The molecule has 0 spiro atoms. The number of non-ortho nitro benzene ring substituents is 1. The number of nitro benzene ring substituents is 1. The van der Waals surface area contributed by atoms with Crippen molar-refractivity contribution in [1.29, 1.82) is 0 Å². The number of rotatable bonds is 9. The summed E-state index contributed by atoms with van der Waals surface area (Å²) in [6, 6.07) is 20.5. The minimum Gasteiger partial charge on any atom is -0.399 e. The summed E-state index contributed by atoms with van der Waals surface area (Å²) >= 11 is 0. The van der Waals surface area contributed by atoms with Crippen LogP contribution >= 0.6 is 0 Å². The molecular formula is C27H29N5O3. The van der Waals surface area contributed by atoms with Crippen LogP contribution in [0.3, 0.4) is 0 Å². The molecule has 3 aromatic carbocycles. The zero-order chi connectivity index (χ0) is 24.9. The topological polar surface area (TPSA) is 122 Å². The van der Waals surface area contributed by atoms with E-state index in [0.29, 0.717) is 17.8 Å². The highest BCUT2D eigenvalue weighted by Gasteiger charge is 2.26. The third kappa shape index (κ3) is 5.67. The van der Waals surface area contributed by atoms with E-state index in [-0.39, 0.29) is 22.6 Å². The average Bonchev–Trinajstić information content (AvgIpc) is 3.17. The molecule has 1 heterocycles. The van der Waals surface area contributed by atoms with Gasteiger partial charge < -0.3 is 21.7 Å². The average molecular weight is 472 g/mol. The number of carbonyl (C=O) groups excluding carboxylic acids is 1. The lowest BCUT2D eigenvalue weighted by atomic mass is 10.0. The van der Waals surface area contributed by atoms with E-state index in [2.05, 4.69) is 22.9 Å². The van der Waals surface area contributed by atoms with Crippen molar-refractivity contribution >= 4 is 34.2 Å². The molecule has 1 aliphatic rings. The molecule has 0 bridgehead atoms. The molecule has 1 atom stereocenters. The number of hydrogen-bond donors (Lipinski definition) is 4. The fraction of sp³-hybridized carbons (Fsp3) is 0.222. The number of nitrogen functional groups attached to an aromatic ring is 1. The summed E-state index contributed by atoms with van der Waals surface area (Å²) in [6.45, 7) is 4.71. The van der Waals surface area contributed by atoms with Crippen LogP contribution < -0.4 is 21.7 Å². The van der Waals surface area contributed by atoms with Crippen LogP contribution in [-0.4, -0.2) is 16.9 Å². The first-order valence-corrected chi connectivity index (χ1v) is 11.6. The Morgan fingerprint density at radius 1 is 1.06 bits per heavy atom. The van der Waals surface area contributed by atoms with Crippen molar-refractivity contribution in [2.45, 2.75) is 39.3 Å². The molecular weight excluding hydrogens is 442 g/mol. The molecule has 0 aliphatic carbocycles. The van der Waals surface area contributed by atoms with E-state index >= 15 is 0 Å². The van der Waals surface area contributed by atoms with Gasteiger partial charge in [0.25, 0.3) is 11.6 Å². The van der Waals surface area contributed by atoms with Crippen molar-refractivity contribution in [2.75, 3.05) is 16.4 Å². The minimum atomic E-state index is -0.382. The maximum Gasteiger partial charge on any atom is 0.269 e. The maximum absolute atomic E-state index is 12.5. The SMILES string of the molecule is CCC(Cc1ccc([N+](=O)[O-])cc1)NCc1ccc(N/C(C)=C2\C(=O)Nc3ccc(N)cc32)cc1. The van der Waals surface area contributed by atoms with Crippen molar-refractivity contribution in [1.82, 2.24) is 5.32 Å². The van der Waals surface area contributed by atoms with Crippen LogP contribution in [-0.2, 0) is 17.8 Å². The van der Waals surface area contributed by atoms with Crippen LogP contribution in [0, 0.1) is 10.1 Å². The van der Waals surface area contributed by atoms with E-state index in [0.717, 1.165) is 46.6 Å². The van der Waals surface area contributed by atoms with Gasteiger partial charge in [-0.25, -0.2) is 0 Å². The number of nitro groups is 1. The highest BCUT2D eigenvalue weighted by atomic mass is 16.6. The molecule has 180 valence electrons. The molecule has 4 rings (SSSR count). The Balaban J connectivity index is 1.37. The monoisotopic (exact) mass is 471 g/mol. The molecule has 0 radical (unpaired) electrons. The first kappa shape index (κ1) is 24.0. The van der Waals surface area contributed by atoms with E-state index < -0.39 is 0 Å². The number of hydrogen-bond acceptors (Lipinski definition) is 6. The van der Waals surface area contributed by atoms with Gasteiger partial charge in [-0.15, -0.1) is 0 Å². The first-order chi connectivity index (χ1) is 16.8. The van der Waals surface area contributed by atoms with Crippen LogP contribution in [0.4, 0.5) is 22.7 Å². The summed E-state index contributed by atoms with van der Waals surface area (Å²) in [5.74, 6) is -0.143. The smallest absolute Gasteiger partial charge is 0.269 e. The molecule has 35 heavy (non-hydrogen) atoms. The van der Waals surface area contributed by atoms with Gasteiger partial charge in [-0.05, 0) is 61.2 Å². The lowest BCUT2D eigenvalue weighted by Crippen LogP contribution is -2.30. The summed E-state index contributed by atoms with van der Waals surface area (Å²) in [6.07, 6.45) is 1.74. The second-order valence-electron chi connectivity index (χ2n) is 8.69. The Kier molecular flexibility index (Phi) is 7.12. The number of nitrogens with zero attached hydrogens (tertiary/aromatic N) is 1. The van der Waals surface area contributed by atoms with Gasteiger partial charge in [-0.1, -0.05) is 31.2 Å². The number of nitrogens with one attached hydrogen (secondary N) is 3. The Labute approximate surface area is 204 Å². The Hall–Kier alpha value is -4.17. The second-order valence-corrected chi connectivity index (χ2v) is 8.69. The first-order valence-electron chi connectivity index (χ1n) is 11.6. The molecule has 0 fully saturated rings. The molecule has 0 saturated heterocycles. The normalized spacial score (nSPS) is 14.7. The van der Waals surface area contributed by atoms with Crippen molar-refractivity contribution < 1.29 is 9.72 Å². The summed E-state index contributed by atoms with van der Waals surface area (Å²) < 4.78 is 0. The molecule has 3 aromatic rings.